The Morgan fingerprint density at radius 3 is 2.57 bits per heavy atom. The highest BCUT2D eigenvalue weighted by Crippen LogP contribution is 2.37. The molecule has 8 nitrogen and oxygen atoms in total. The van der Waals surface area contributed by atoms with Crippen LogP contribution in [0.5, 0.6) is 11.5 Å². The summed E-state index contributed by atoms with van der Waals surface area (Å²) < 4.78 is 11.1. The van der Waals surface area contributed by atoms with Crippen molar-refractivity contribution in [2.75, 3.05) is 7.11 Å². The molecule has 0 atom stereocenters. The lowest BCUT2D eigenvalue weighted by Crippen LogP contribution is -2.02. The first-order chi connectivity index (χ1) is 13.4. The minimum Gasteiger partial charge on any atom is -0.493 e. The van der Waals surface area contributed by atoms with E-state index < -0.39 is 10.9 Å². The van der Waals surface area contributed by atoms with Gasteiger partial charge < -0.3 is 14.3 Å². The van der Waals surface area contributed by atoms with Crippen molar-refractivity contribution in [1.82, 2.24) is 0 Å². The predicted molar refractivity (Wildman–Crippen MR) is 103 cm³/mol. The summed E-state index contributed by atoms with van der Waals surface area (Å²) in [5, 5.41) is 14.6. The van der Waals surface area contributed by atoms with Crippen LogP contribution in [0.4, 0.5) is 5.69 Å². The topological polar surface area (TPSA) is 100 Å². The molecule has 0 saturated carbocycles. The van der Waals surface area contributed by atoms with E-state index in [0.29, 0.717) is 28.3 Å². The van der Waals surface area contributed by atoms with Crippen LogP contribution < -0.4 is 9.47 Å². The molecule has 0 aliphatic carbocycles. The van der Waals surface area contributed by atoms with E-state index in [1.54, 1.807) is 37.3 Å². The van der Waals surface area contributed by atoms with Gasteiger partial charge in [-0.05, 0) is 48.4 Å². The van der Waals surface area contributed by atoms with Gasteiger partial charge >= 0.3 is 5.97 Å². The summed E-state index contributed by atoms with van der Waals surface area (Å²) in [5.74, 6) is 0.164. The summed E-state index contributed by atoms with van der Waals surface area (Å²) >= 11 is 6.33. The number of methoxy groups -OCH3 is 1. The van der Waals surface area contributed by atoms with Crippen LogP contribution in [0.25, 0.3) is 6.08 Å². The summed E-state index contributed by atoms with van der Waals surface area (Å²) in [6.07, 6.45) is 1.60. The molecule has 144 valence electrons. The fourth-order valence-electron chi connectivity index (χ4n) is 2.52. The number of nitrogens with zero attached hydrogens (tertiary/aromatic N) is 2. The van der Waals surface area contributed by atoms with Crippen molar-refractivity contribution in [3.63, 3.8) is 0 Å². The fraction of sp³-hybridized carbons (Fsp3) is 0.158. The normalized spacial score (nSPS) is 14.6. The van der Waals surface area contributed by atoms with E-state index >= 15 is 0 Å². The number of carbonyl (C=O) groups excluding carboxylic acids is 1. The van der Waals surface area contributed by atoms with E-state index in [1.165, 1.54) is 19.2 Å². The number of nitro benzene ring substituents is 1. The van der Waals surface area contributed by atoms with Crippen LogP contribution in [0.3, 0.4) is 0 Å². The van der Waals surface area contributed by atoms with Gasteiger partial charge in [-0.2, -0.15) is 0 Å². The Balaban J connectivity index is 1.82. The number of hydrogen-bond donors (Lipinski definition) is 0. The van der Waals surface area contributed by atoms with Crippen molar-refractivity contribution >= 4 is 35.0 Å². The van der Waals surface area contributed by atoms with Crippen LogP contribution in [0.2, 0.25) is 5.02 Å². The monoisotopic (exact) mass is 402 g/mol. The van der Waals surface area contributed by atoms with Crippen molar-refractivity contribution in [3.8, 4) is 11.5 Å². The zero-order valence-corrected chi connectivity index (χ0v) is 15.7. The van der Waals surface area contributed by atoms with E-state index in [-0.39, 0.29) is 17.3 Å². The largest absolute Gasteiger partial charge is 0.493 e. The number of nitro groups is 1. The molecule has 2 aromatic carbocycles. The van der Waals surface area contributed by atoms with Gasteiger partial charge in [0.1, 0.15) is 6.61 Å². The summed E-state index contributed by atoms with van der Waals surface area (Å²) in [6.45, 7) is 1.81. The summed E-state index contributed by atoms with van der Waals surface area (Å²) in [4.78, 5) is 26.6. The molecule has 1 aliphatic heterocycles. The maximum atomic E-state index is 11.7. The first kappa shape index (κ1) is 19.4. The van der Waals surface area contributed by atoms with Crippen molar-refractivity contribution in [2.24, 2.45) is 5.16 Å². The molecule has 0 unspecified atom stereocenters. The van der Waals surface area contributed by atoms with E-state index in [9.17, 15) is 14.9 Å². The van der Waals surface area contributed by atoms with Crippen molar-refractivity contribution in [2.45, 2.75) is 13.5 Å². The second-order valence-corrected chi connectivity index (χ2v) is 6.27. The van der Waals surface area contributed by atoms with Gasteiger partial charge in [-0.15, -0.1) is 0 Å². The van der Waals surface area contributed by atoms with E-state index in [2.05, 4.69) is 9.99 Å². The molecule has 2 aromatic rings. The van der Waals surface area contributed by atoms with Gasteiger partial charge in [0.15, 0.2) is 11.5 Å². The van der Waals surface area contributed by atoms with Crippen LogP contribution in [0, 0.1) is 10.1 Å². The number of benzene rings is 2. The molecule has 0 saturated heterocycles. The molecular formula is C19H15ClN2O6. The van der Waals surface area contributed by atoms with Gasteiger partial charge in [0, 0.05) is 12.1 Å². The second kappa shape index (κ2) is 8.10. The average Bonchev–Trinajstić information content (AvgIpc) is 2.99. The van der Waals surface area contributed by atoms with Crippen LogP contribution in [-0.2, 0) is 16.2 Å². The maximum Gasteiger partial charge on any atom is 0.367 e. The molecule has 0 amide bonds. The van der Waals surface area contributed by atoms with E-state index in [1.807, 2.05) is 0 Å². The molecular weight excluding hydrogens is 388 g/mol. The zero-order valence-electron chi connectivity index (χ0n) is 15.0. The standard InChI is InChI=1S/C19H15ClN2O6/c1-11-15(19(23)28-21-11)7-13-8-16(20)18(17(9-13)26-2)27-10-12-3-5-14(6-4-12)22(24)25/h3-9H,10H2,1-2H3/b15-7+. The Bertz CT molecular complexity index is 998. The highest BCUT2D eigenvalue weighted by atomic mass is 35.5. The highest BCUT2D eigenvalue weighted by molar-refractivity contribution is 6.32. The second-order valence-electron chi connectivity index (χ2n) is 5.86. The molecule has 28 heavy (non-hydrogen) atoms. The lowest BCUT2D eigenvalue weighted by molar-refractivity contribution is -0.384. The zero-order chi connectivity index (χ0) is 20.3. The molecule has 1 heterocycles. The first-order valence-electron chi connectivity index (χ1n) is 8.10. The SMILES string of the molecule is COc1cc(/C=C2/C(=O)ON=C2C)cc(Cl)c1OCc1ccc([N+](=O)[O-])cc1. The summed E-state index contributed by atoms with van der Waals surface area (Å²) in [5.41, 5.74) is 2.15. The minimum absolute atomic E-state index is 0.000949. The van der Waals surface area contributed by atoms with Gasteiger partial charge in [0.2, 0.25) is 0 Å². The van der Waals surface area contributed by atoms with Crippen molar-refractivity contribution < 1.29 is 24.0 Å². The number of rotatable bonds is 6. The molecule has 0 bridgehead atoms. The molecule has 0 fully saturated rings. The molecule has 0 N–H and O–H groups in total. The molecule has 0 radical (unpaired) electrons. The molecule has 0 spiro atoms. The number of halogens is 1. The Hall–Kier alpha value is -3.39. The quantitative estimate of drug-likeness (QED) is 0.311. The highest BCUT2D eigenvalue weighted by Gasteiger charge is 2.22. The van der Waals surface area contributed by atoms with E-state index in [4.69, 9.17) is 21.1 Å². The summed E-state index contributed by atoms with van der Waals surface area (Å²) in [7, 11) is 1.47. The van der Waals surface area contributed by atoms with Crippen LogP contribution in [-0.4, -0.2) is 23.7 Å². The number of hydrogen-bond acceptors (Lipinski definition) is 7. The van der Waals surface area contributed by atoms with Crippen molar-refractivity contribution in [3.05, 3.63) is 68.2 Å². The van der Waals surface area contributed by atoms with Crippen LogP contribution >= 0.6 is 11.6 Å². The van der Waals surface area contributed by atoms with Crippen LogP contribution in [0.1, 0.15) is 18.1 Å². The lowest BCUT2D eigenvalue weighted by atomic mass is 10.1. The Morgan fingerprint density at radius 2 is 2.00 bits per heavy atom. The third kappa shape index (κ3) is 4.12. The van der Waals surface area contributed by atoms with Gasteiger partial charge in [0.05, 0.1) is 28.3 Å². The lowest BCUT2D eigenvalue weighted by Gasteiger charge is -2.13. The Labute approximate surface area is 165 Å². The first-order valence-corrected chi connectivity index (χ1v) is 8.48. The molecule has 1 aliphatic rings. The maximum absolute atomic E-state index is 11.7. The number of carbonyl (C=O) groups is 1. The third-order valence-electron chi connectivity index (χ3n) is 3.97. The van der Waals surface area contributed by atoms with Gasteiger partial charge in [0.25, 0.3) is 5.69 Å². The van der Waals surface area contributed by atoms with Crippen LogP contribution in [0.15, 0.2) is 47.1 Å². The molecule has 9 heteroatoms. The smallest absolute Gasteiger partial charge is 0.367 e. The summed E-state index contributed by atoms with van der Waals surface area (Å²) in [6, 6.07) is 9.30. The number of non-ortho nitro benzene ring substituents is 1. The fourth-order valence-corrected chi connectivity index (χ4v) is 2.79. The minimum atomic E-state index is -0.536. The number of ether oxygens (including phenoxy) is 2. The van der Waals surface area contributed by atoms with Gasteiger partial charge in [-0.25, -0.2) is 4.79 Å². The Morgan fingerprint density at radius 1 is 1.29 bits per heavy atom. The number of oxime groups is 1. The van der Waals surface area contributed by atoms with Crippen molar-refractivity contribution in [1.29, 1.82) is 0 Å². The van der Waals surface area contributed by atoms with E-state index in [0.717, 1.165) is 5.56 Å². The molecule has 3 rings (SSSR count). The third-order valence-corrected chi connectivity index (χ3v) is 4.25. The predicted octanol–water partition coefficient (Wildman–Crippen LogP) is 4.15. The Kier molecular flexibility index (Phi) is 5.60. The average molecular weight is 403 g/mol. The molecule has 0 aromatic heterocycles. The van der Waals surface area contributed by atoms with Gasteiger partial charge in [-0.3, -0.25) is 10.1 Å². The van der Waals surface area contributed by atoms with Gasteiger partial charge in [-0.1, -0.05) is 16.8 Å².